The Balaban J connectivity index is 2.13. The van der Waals surface area contributed by atoms with Crippen molar-refractivity contribution >= 4 is 11.7 Å². The van der Waals surface area contributed by atoms with Gasteiger partial charge < -0.3 is 10.2 Å². The van der Waals surface area contributed by atoms with Crippen molar-refractivity contribution in [2.24, 2.45) is 0 Å². The number of nitrogens with one attached hydrogen (secondary N) is 1. The lowest BCUT2D eigenvalue weighted by Crippen LogP contribution is -2.26. The van der Waals surface area contributed by atoms with Gasteiger partial charge in [-0.1, -0.05) is 60.7 Å². The third-order valence-electron chi connectivity index (χ3n) is 3.57. The van der Waals surface area contributed by atoms with Gasteiger partial charge in [0.1, 0.15) is 0 Å². The molecule has 2 aromatic rings. The molecule has 0 aliphatic rings. The van der Waals surface area contributed by atoms with Crippen molar-refractivity contribution in [3.63, 3.8) is 0 Å². The lowest BCUT2D eigenvalue weighted by atomic mass is 10.1. The fourth-order valence-electron chi connectivity index (χ4n) is 2.14. The van der Waals surface area contributed by atoms with Crippen LogP contribution < -0.4 is 5.32 Å². The zero-order valence-electron chi connectivity index (χ0n) is 14.0. The normalized spacial score (nSPS) is 11.0. The van der Waals surface area contributed by atoms with Gasteiger partial charge in [0.15, 0.2) is 5.78 Å². The number of nitrogens with zero attached hydrogens (tertiary/aromatic N) is 1. The third-order valence-corrected chi connectivity index (χ3v) is 3.57. The standard InChI is InChI=1S/C20H22N2O2/c1-22(2)20(24)14-18(21-15-16-9-5-3-6-10-16)13-19(23)17-11-7-4-8-12-17/h3-13,21H,14-15H2,1-2H3/b18-13+. The number of ketones is 1. The Hall–Kier alpha value is -2.88. The van der Waals surface area contributed by atoms with E-state index in [1.54, 1.807) is 26.2 Å². The molecule has 24 heavy (non-hydrogen) atoms. The first-order chi connectivity index (χ1) is 11.6. The molecule has 0 aliphatic heterocycles. The predicted molar refractivity (Wildman–Crippen MR) is 95.4 cm³/mol. The minimum Gasteiger partial charge on any atom is -0.384 e. The highest BCUT2D eigenvalue weighted by Gasteiger charge is 2.11. The summed E-state index contributed by atoms with van der Waals surface area (Å²) in [6.07, 6.45) is 1.68. The van der Waals surface area contributed by atoms with E-state index in [1.807, 2.05) is 48.5 Å². The maximum Gasteiger partial charge on any atom is 0.227 e. The molecule has 0 unspecified atom stereocenters. The lowest BCUT2D eigenvalue weighted by molar-refractivity contribution is -0.128. The highest BCUT2D eigenvalue weighted by molar-refractivity contribution is 6.05. The molecule has 0 saturated heterocycles. The SMILES string of the molecule is CN(C)C(=O)C/C(=C\C(=O)c1ccccc1)NCc1ccccc1. The molecule has 4 heteroatoms. The quantitative estimate of drug-likeness (QED) is 0.630. The van der Waals surface area contributed by atoms with Gasteiger partial charge >= 0.3 is 0 Å². The molecule has 0 bridgehead atoms. The summed E-state index contributed by atoms with van der Waals surface area (Å²) in [4.78, 5) is 25.9. The van der Waals surface area contributed by atoms with Crippen molar-refractivity contribution in [1.29, 1.82) is 0 Å². The third kappa shape index (κ3) is 5.39. The van der Waals surface area contributed by atoms with Crippen LogP contribution in [0.15, 0.2) is 72.4 Å². The van der Waals surface area contributed by atoms with Gasteiger partial charge in [-0.2, -0.15) is 0 Å². The first kappa shape index (κ1) is 17.5. The van der Waals surface area contributed by atoms with Crippen molar-refractivity contribution in [2.45, 2.75) is 13.0 Å². The predicted octanol–water partition coefficient (Wildman–Crippen LogP) is 3.02. The van der Waals surface area contributed by atoms with Crippen LogP contribution in [-0.4, -0.2) is 30.7 Å². The minimum absolute atomic E-state index is 0.0531. The van der Waals surface area contributed by atoms with E-state index in [9.17, 15) is 9.59 Å². The maximum atomic E-state index is 12.4. The Morgan fingerprint density at radius 2 is 1.54 bits per heavy atom. The highest BCUT2D eigenvalue weighted by atomic mass is 16.2. The number of benzene rings is 2. The Labute approximate surface area is 142 Å². The number of allylic oxidation sites excluding steroid dienone is 1. The summed E-state index contributed by atoms with van der Waals surface area (Å²) in [5.74, 6) is -0.166. The summed E-state index contributed by atoms with van der Waals surface area (Å²) in [6, 6.07) is 18.9. The zero-order valence-corrected chi connectivity index (χ0v) is 14.0. The molecular formula is C20H22N2O2. The van der Waals surface area contributed by atoms with Gasteiger partial charge in [0.05, 0.1) is 6.42 Å². The van der Waals surface area contributed by atoms with Crippen molar-refractivity contribution in [3.8, 4) is 0 Å². The summed E-state index contributed by atoms with van der Waals surface area (Å²) in [6.45, 7) is 0.565. The van der Waals surface area contributed by atoms with E-state index in [-0.39, 0.29) is 18.1 Å². The second kappa shape index (κ2) is 8.67. The van der Waals surface area contributed by atoms with Gasteiger partial charge in [0.2, 0.25) is 5.91 Å². The van der Waals surface area contributed by atoms with Crippen molar-refractivity contribution in [1.82, 2.24) is 10.2 Å². The summed E-state index contributed by atoms with van der Waals surface area (Å²) < 4.78 is 0. The first-order valence-electron chi connectivity index (χ1n) is 7.84. The molecule has 0 aliphatic carbocycles. The van der Waals surface area contributed by atoms with Crippen molar-refractivity contribution < 1.29 is 9.59 Å². The molecule has 0 fully saturated rings. The number of amides is 1. The molecule has 4 nitrogen and oxygen atoms in total. The van der Waals surface area contributed by atoms with Gasteiger partial charge in [0.25, 0.3) is 0 Å². The summed E-state index contributed by atoms with van der Waals surface area (Å²) in [7, 11) is 3.41. The smallest absolute Gasteiger partial charge is 0.227 e. The average molecular weight is 322 g/mol. The molecule has 0 radical (unpaired) electrons. The van der Waals surface area contributed by atoms with Crippen molar-refractivity contribution in [2.75, 3.05) is 14.1 Å². The number of rotatable bonds is 7. The first-order valence-corrected chi connectivity index (χ1v) is 7.84. The molecule has 2 rings (SSSR count). The Bertz CT molecular complexity index is 707. The largest absolute Gasteiger partial charge is 0.384 e. The average Bonchev–Trinajstić information content (AvgIpc) is 2.61. The van der Waals surface area contributed by atoms with Crippen LogP contribution in [0.3, 0.4) is 0 Å². The molecule has 0 atom stereocenters. The summed E-state index contributed by atoms with van der Waals surface area (Å²) in [5, 5.41) is 3.22. The topological polar surface area (TPSA) is 49.4 Å². The fourth-order valence-corrected chi connectivity index (χ4v) is 2.14. The van der Waals surface area contributed by atoms with Crippen LogP contribution in [0.2, 0.25) is 0 Å². The second-order valence-corrected chi connectivity index (χ2v) is 5.70. The Morgan fingerprint density at radius 1 is 0.958 bits per heavy atom. The minimum atomic E-state index is -0.113. The van der Waals surface area contributed by atoms with Gasteiger partial charge in [-0.25, -0.2) is 0 Å². The molecule has 0 heterocycles. The molecule has 0 aromatic heterocycles. The number of hydrogen-bond donors (Lipinski definition) is 1. The molecule has 2 aromatic carbocycles. The lowest BCUT2D eigenvalue weighted by Gasteiger charge is -2.14. The number of carbonyl (C=O) groups excluding carboxylic acids is 2. The van der Waals surface area contributed by atoms with Crippen LogP contribution in [-0.2, 0) is 11.3 Å². The monoisotopic (exact) mass is 322 g/mol. The molecule has 0 saturated carbocycles. The van der Waals surface area contributed by atoms with Crippen LogP contribution in [0.25, 0.3) is 0 Å². The van der Waals surface area contributed by atoms with Gasteiger partial charge in [-0.15, -0.1) is 0 Å². The van der Waals surface area contributed by atoms with E-state index in [0.717, 1.165) is 5.56 Å². The van der Waals surface area contributed by atoms with Gasteiger partial charge in [-0.3, -0.25) is 9.59 Å². The molecule has 0 spiro atoms. The number of carbonyl (C=O) groups is 2. The van der Waals surface area contributed by atoms with Crippen LogP contribution in [0.1, 0.15) is 22.3 Å². The van der Waals surface area contributed by atoms with Crippen LogP contribution in [0.5, 0.6) is 0 Å². The van der Waals surface area contributed by atoms with E-state index in [4.69, 9.17) is 0 Å². The van der Waals surface area contributed by atoms with E-state index in [0.29, 0.717) is 17.8 Å². The maximum absolute atomic E-state index is 12.4. The Morgan fingerprint density at radius 3 is 2.12 bits per heavy atom. The van der Waals surface area contributed by atoms with Crippen LogP contribution in [0, 0.1) is 0 Å². The number of hydrogen-bond acceptors (Lipinski definition) is 3. The molecule has 1 amide bonds. The zero-order chi connectivity index (χ0) is 17.4. The van der Waals surface area contributed by atoms with Crippen molar-refractivity contribution in [3.05, 3.63) is 83.6 Å². The van der Waals surface area contributed by atoms with Crippen LogP contribution >= 0.6 is 0 Å². The van der Waals surface area contributed by atoms with E-state index < -0.39 is 0 Å². The van der Waals surface area contributed by atoms with E-state index in [2.05, 4.69) is 5.32 Å². The summed E-state index contributed by atoms with van der Waals surface area (Å²) in [5.41, 5.74) is 2.31. The Kier molecular flexibility index (Phi) is 6.32. The molecule has 1 N–H and O–H groups in total. The second-order valence-electron chi connectivity index (χ2n) is 5.70. The summed E-state index contributed by atoms with van der Waals surface area (Å²) >= 11 is 0. The van der Waals surface area contributed by atoms with Gasteiger partial charge in [-0.05, 0) is 5.56 Å². The van der Waals surface area contributed by atoms with Crippen LogP contribution in [0.4, 0.5) is 0 Å². The van der Waals surface area contributed by atoms with Gasteiger partial charge in [0, 0.05) is 38.0 Å². The fraction of sp³-hybridized carbons (Fsp3) is 0.200. The molecule has 124 valence electrons. The molecular weight excluding hydrogens is 300 g/mol. The highest BCUT2D eigenvalue weighted by Crippen LogP contribution is 2.08. The van der Waals surface area contributed by atoms with E-state index >= 15 is 0 Å². The van der Waals surface area contributed by atoms with E-state index in [1.165, 1.54) is 11.0 Å².